The second-order valence-corrected chi connectivity index (χ2v) is 5.22. The lowest BCUT2D eigenvalue weighted by Crippen LogP contribution is -2.33. The third kappa shape index (κ3) is 2.79. The molecule has 0 bridgehead atoms. The zero-order valence-electron chi connectivity index (χ0n) is 11.0. The first kappa shape index (κ1) is 12.2. The summed E-state index contributed by atoms with van der Waals surface area (Å²) in [5.74, 6) is 0. The lowest BCUT2D eigenvalue weighted by molar-refractivity contribution is 0.411. The quantitative estimate of drug-likeness (QED) is 0.887. The van der Waals surface area contributed by atoms with Crippen molar-refractivity contribution in [2.45, 2.75) is 37.8 Å². The van der Waals surface area contributed by atoms with Crippen LogP contribution in [0.4, 0.5) is 5.69 Å². The van der Waals surface area contributed by atoms with Gasteiger partial charge in [0.1, 0.15) is 0 Å². The summed E-state index contributed by atoms with van der Waals surface area (Å²) < 4.78 is 1.90. The summed E-state index contributed by atoms with van der Waals surface area (Å²) in [6.07, 6.45) is 8.29. The fourth-order valence-electron chi connectivity index (χ4n) is 2.69. The molecule has 0 saturated heterocycles. The summed E-state index contributed by atoms with van der Waals surface area (Å²) >= 11 is 0. The molecule has 1 aromatic carbocycles. The molecular formula is C15H20N4. The van der Waals surface area contributed by atoms with E-state index in [2.05, 4.69) is 28.6 Å². The van der Waals surface area contributed by atoms with Crippen LogP contribution in [0.2, 0.25) is 0 Å². The number of aromatic nitrogens is 2. The first-order valence-corrected chi connectivity index (χ1v) is 6.94. The molecule has 1 heterocycles. The summed E-state index contributed by atoms with van der Waals surface area (Å²) in [7, 11) is 0. The Labute approximate surface area is 113 Å². The van der Waals surface area contributed by atoms with Crippen LogP contribution in [0.5, 0.6) is 0 Å². The maximum Gasteiger partial charge on any atom is 0.0876 e. The average Bonchev–Trinajstić information content (AvgIpc) is 2.96. The standard InChI is InChI=1S/C15H20N4/c16-12-6-8-13(9-7-12)18-14-4-1-2-5-15(14)19-11-3-10-17-19/h1-5,10-13,18H,6-9,16H2. The lowest BCUT2D eigenvalue weighted by atomic mass is 9.91. The van der Waals surface area contributed by atoms with E-state index in [1.54, 1.807) is 6.20 Å². The van der Waals surface area contributed by atoms with Gasteiger partial charge >= 0.3 is 0 Å². The molecule has 0 atom stereocenters. The van der Waals surface area contributed by atoms with Crippen molar-refractivity contribution in [1.29, 1.82) is 0 Å². The minimum absolute atomic E-state index is 0.388. The molecule has 2 aromatic rings. The van der Waals surface area contributed by atoms with Crippen molar-refractivity contribution in [2.24, 2.45) is 5.73 Å². The van der Waals surface area contributed by atoms with Gasteiger partial charge in [0, 0.05) is 24.5 Å². The molecule has 3 N–H and O–H groups in total. The van der Waals surface area contributed by atoms with Gasteiger partial charge in [-0.05, 0) is 43.9 Å². The van der Waals surface area contributed by atoms with Crippen molar-refractivity contribution in [3.63, 3.8) is 0 Å². The van der Waals surface area contributed by atoms with Gasteiger partial charge in [0.05, 0.1) is 11.4 Å². The van der Waals surface area contributed by atoms with Crippen LogP contribution >= 0.6 is 0 Å². The van der Waals surface area contributed by atoms with Crippen molar-refractivity contribution in [3.8, 4) is 5.69 Å². The van der Waals surface area contributed by atoms with Gasteiger partial charge in [0.15, 0.2) is 0 Å². The largest absolute Gasteiger partial charge is 0.381 e. The van der Waals surface area contributed by atoms with Crippen molar-refractivity contribution in [3.05, 3.63) is 42.7 Å². The number of benzene rings is 1. The third-order valence-electron chi connectivity index (χ3n) is 3.79. The van der Waals surface area contributed by atoms with Gasteiger partial charge in [-0.15, -0.1) is 0 Å². The molecule has 1 fully saturated rings. The average molecular weight is 256 g/mol. The molecule has 19 heavy (non-hydrogen) atoms. The van der Waals surface area contributed by atoms with Gasteiger partial charge in [-0.25, -0.2) is 4.68 Å². The zero-order valence-corrected chi connectivity index (χ0v) is 11.0. The van der Waals surface area contributed by atoms with Gasteiger partial charge in [-0.1, -0.05) is 12.1 Å². The summed E-state index contributed by atoms with van der Waals surface area (Å²) in [5, 5.41) is 7.95. The normalized spacial score (nSPS) is 23.2. The Morgan fingerprint density at radius 3 is 2.63 bits per heavy atom. The van der Waals surface area contributed by atoms with Gasteiger partial charge < -0.3 is 11.1 Å². The van der Waals surface area contributed by atoms with Crippen molar-refractivity contribution >= 4 is 5.69 Å². The highest BCUT2D eigenvalue weighted by molar-refractivity contribution is 5.61. The molecule has 1 aliphatic carbocycles. The highest BCUT2D eigenvalue weighted by Gasteiger charge is 2.19. The lowest BCUT2D eigenvalue weighted by Gasteiger charge is -2.28. The van der Waals surface area contributed by atoms with E-state index in [0.717, 1.165) is 37.1 Å². The number of rotatable bonds is 3. The predicted molar refractivity (Wildman–Crippen MR) is 77.4 cm³/mol. The number of nitrogens with two attached hydrogens (primary N) is 1. The Kier molecular flexibility index (Phi) is 3.51. The van der Waals surface area contributed by atoms with E-state index < -0.39 is 0 Å². The van der Waals surface area contributed by atoms with Crippen LogP contribution in [0.3, 0.4) is 0 Å². The molecule has 0 spiro atoms. The topological polar surface area (TPSA) is 55.9 Å². The van der Waals surface area contributed by atoms with Crippen molar-refractivity contribution in [2.75, 3.05) is 5.32 Å². The second-order valence-electron chi connectivity index (χ2n) is 5.22. The van der Waals surface area contributed by atoms with Crippen LogP contribution < -0.4 is 11.1 Å². The Morgan fingerprint density at radius 1 is 1.11 bits per heavy atom. The molecule has 1 aromatic heterocycles. The van der Waals surface area contributed by atoms with Crippen LogP contribution in [0.25, 0.3) is 5.69 Å². The number of hydrogen-bond acceptors (Lipinski definition) is 3. The van der Waals surface area contributed by atoms with E-state index in [4.69, 9.17) is 5.73 Å². The second kappa shape index (κ2) is 5.45. The fourth-order valence-corrected chi connectivity index (χ4v) is 2.69. The number of anilines is 1. The minimum atomic E-state index is 0.388. The van der Waals surface area contributed by atoms with E-state index in [-0.39, 0.29) is 0 Å². The number of para-hydroxylation sites is 2. The van der Waals surface area contributed by atoms with E-state index in [1.807, 2.05) is 23.0 Å². The van der Waals surface area contributed by atoms with Gasteiger partial charge in [-0.3, -0.25) is 0 Å². The van der Waals surface area contributed by atoms with Gasteiger partial charge in [0.2, 0.25) is 0 Å². The maximum absolute atomic E-state index is 5.96. The smallest absolute Gasteiger partial charge is 0.0876 e. The zero-order chi connectivity index (χ0) is 13.1. The highest BCUT2D eigenvalue weighted by atomic mass is 15.3. The molecule has 0 aliphatic heterocycles. The van der Waals surface area contributed by atoms with Crippen LogP contribution in [-0.2, 0) is 0 Å². The van der Waals surface area contributed by atoms with E-state index in [1.165, 1.54) is 0 Å². The van der Waals surface area contributed by atoms with Gasteiger partial charge in [0.25, 0.3) is 0 Å². The minimum Gasteiger partial charge on any atom is -0.381 e. The van der Waals surface area contributed by atoms with Gasteiger partial charge in [-0.2, -0.15) is 5.10 Å². The van der Waals surface area contributed by atoms with Crippen LogP contribution in [0.1, 0.15) is 25.7 Å². The summed E-state index contributed by atoms with van der Waals surface area (Å²) in [6.45, 7) is 0. The molecular weight excluding hydrogens is 236 g/mol. The van der Waals surface area contributed by atoms with Crippen molar-refractivity contribution < 1.29 is 0 Å². The summed E-state index contributed by atoms with van der Waals surface area (Å²) in [5.41, 5.74) is 8.20. The summed E-state index contributed by atoms with van der Waals surface area (Å²) in [4.78, 5) is 0. The Bertz CT molecular complexity index is 513. The van der Waals surface area contributed by atoms with Crippen LogP contribution in [-0.4, -0.2) is 21.9 Å². The van der Waals surface area contributed by atoms with Crippen LogP contribution in [0.15, 0.2) is 42.7 Å². The van der Waals surface area contributed by atoms with E-state index >= 15 is 0 Å². The molecule has 100 valence electrons. The number of nitrogens with zero attached hydrogens (tertiary/aromatic N) is 2. The molecule has 3 rings (SSSR count). The molecule has 1 saturated carbocycles. The van der Waals surface area contributed by atoms with Crippen molar-refractivity contribution in [1.82, 2.24) is 9.78 Å². The van der Waals surface area contributed by atoms with E-state index in [0.29, 0.717) is 12.1 Å². The first-order chi connectivity index (χ1) is 9.33. The van der Waals surface area contributed by atoms with E-state index in [9.17, 15) is 0 Å². The van der Waals surface area contributed by atoms with Crippen LogP contribution in [0, 0.1) is 0 Å². The third-order valence-corrected chi connectivity index (χ3v) is 3.79. The predicted octanol–water partition coefficient (Wildman–Crippen LogP) is 2.55. The first-order valence-electron chi connectivity index (χ1n) is 6.94. The maximum atomic E-state index is 5.96. The fraction of sp³-hybridized carbons (Fsp3) is 0.400. The Hall–Kier alpha value is -1.81. The molecule has 0 radical (unpaired) electrons. The Balaban J connectivity index is 1.78. The molecule has 0 amide bonds. The Morgan fingerprint density at radius 2 is 1.89 bits per heavy atom. The molecule has 1 aliphatic rings. The monoisotopic (exact) mass is 256 g/mol. The summed E-state index contributed by atoms with van der Waals surface area (Å²) in [6, 6.07) is 11.2. The molecule has 4 nitrogen and oxygen atoms in total. The molecule has 0 unspecified atom stereocenters. The number of hydrogen-bond donors (Lipinski definition) is 2. The SMILES string of the molecule is NC1CCC(Nc2ccccc2-n2cccn2)CC1. The molecule has 4 heteroatoms. The number of nitrogens with one attached hydrogen (secondary N) is 1. The highest BCUT2D eigenvalue weighted by Crippen LogP contribution is 2.25.